The normalized spacial score (nSPS) is 10.5. The molecule has 0 aliphatic rings. The average Bonchev–Trinajstić information content (AvgIpc) is 2.73. The van der Waals surface area contributed by atoms with Crippen molar-refractivity contribution in [2.75, 3.05) is 5.32 Å². The minimum atomic E-state index is -0.956. The molecular formula is C13H12F2N2OS. The van der Waals surface area contributed by atoms with E-state index in [2.05, 4.69) is 5.32 Å². The van der Waals surface area contributed by atoms with E-state index in [4.69, 9.17) is 5.73 Å². The van der Waals surface area contributed by atoms with Crippen molar-refractivity contribution in [3.05, 3.63) is 51.2 Å². The van der Waals surface area contributed by atoms with Gasteiger partial charge in [0, 0.05) is 22.4 Å². The van der Waals surface area contributed by atoms with Gasteiger partial charge in [0.2, 0.25) is 0 Å². The van der Waals surface area contributed by atoms with Crippen molar-refractivity contribution < 1.29 is 13.6 Å². The number of hydrogen-bond acceptors (Lipinski definition) is 3. The van der Waals surface area contributed by atoms with Crippen LogP contribution >= 0.6 is 11.3 Å². The topological polar surface area (TPSA) is 55.1 Å². The second kappa shape index (κ2) is 5.36. The molecule has 0 fully saturated rings. The van der Waals surface area contributed by atoms with Gasteiger partial charge < -0.3 is 11.1 Å². The molecule has 0 bridgehead atoms. The van der Waals surface area contributed by atoms with E-state index >= 15 is 0 Å². The van der Waals surface area contributed by atoms with Crippen LogP contribution in [0.25, 0.3) is 0 Å². The number of primary amides is 1. The van der Waals surface area contributed by atoms with Gasteiger partial charge in [-0.3, -0.25) is 4.79 Å². The molecule has 1 amide bonds. The minimum absolute atomic E-state index is 0.0567. The summed E-state index contributed by atoms with van der Waals surface area (Å²) in [6.45, 7) is 2.37. The van der Waals surface area contributed by atoms with Gasteiger partial charge in [-0.25, -0.2) is 8.78 Å². The number of hydrogen-bond donors (Lipinski definition) is 2. The van der Waals surface area contributed by atoms with E-state index in [1.54, 1.807) is 11.3 Å². The zero-order valence-corrected chi connectivity index (χ0v) is 11.0. The summed E-state index contributed by atoms with van der Waals surface area (Å²) < 4.78 is 26.8. The van der Waals surface area contributed by atoms with Crippen LogP contribution in [0.4, 0.5) is 14.5 Å². The highest BCUT2D eigenvalue weighted by Crippen LogP contribution is 2.22. The number of amides is 1. The Morgan fingerprint density at radius 2 is 2.05 bits per heavy atom. The predicted molar refractivity (Wildman–Crippen MR) is 71.3 cm³/mol. The van der Waals surface area contributed by atoms with Crippen molar-refractivity contribution >= 4 is 22.9 Å². The number of nitrogens with one attached hydrogen (secondary N) is 1. The predicted octanol–water partition coefficient (Wildman–Crippen LogP) is 3.05. The van der Waals surface area contributed by atoms with Crippen LogP contribution in [-0.2, 0) is 6.54 Å². The van der Waals surface area contributed by atoms with Crippen molar-refractivity contribution in [1.82, 2.24) is 0 Å². The Bertz CT molecular complexity index is 625. The zero-order valence-electron chi connectivity index (χ0n) is 10.2. The lowest BCUT2D eigenvalue weighted by Crippen LogP contribution is -2.14. The van der Waals surface area contributed by atoms with Gasteiger partial charge in [0.15, 0.2) is 0 Å². The molecule has 2 aromatic rings. The molecule has 0 saturated heterocycles. The van der Waals surface area contributed by atoms with Crippen LogP contribution in [0.3, 0.4) is 0 Å². The Hall–Kier alpha value is -1.95. The molecule has 1 heterocycles. The third kappa shape index (κ3) is 3.08. The molecule has 100 valence electrons. The third-order valence-electron chi connectivity index (χ3n) is 2.57. The molecule has 1 aromatic carbocycles. The molecule has 3 N–H and O–H groups in total. The van der Waals surface area contributed by atoms with E-state index in [-0.39, 0.29) is 11.3 Å². The van der Waals surface area contributed by atoms with Gasteiger partial charge in [0.05, 0.1) is 11.3 Å². The van der Waals surface area contributed by atoms with Crippen LogP contribution < -0.4 is 11.1 Å². The molecule has 6 heteroatoms. The van der Waals surface area contributed by atoms with Crippen LogP contribution in [0, 0.1) is 18.6 Å². The summed E-state index contributed by atoms with van der Waals surface area (Å²) in [7, 11) is 0. The molecule has 0 aliphatic heterocycles. The molecule has 19 heavy (non-hydrogen) atoms. The Morgan fingerprint density at radius 1 is 1.32 bits per heavy atom. The van der Waals surface area contributed by atoms with E-state index in [1.807, 2.05) is 19.1 Å². The van der Waals surface area contributed by atoms with Crippen LogP contribution in [0.2, 0.25) is 0 Å². The summed E-state index contributed by atoms with van der Waals surface area (Å²) in [6.07, 6.45) is 0. The number of carbonyl (C=O) groups excluding carboxylic acids is 1. The Labute approximate surface area is 113 Å². The fourth-order valence-corrected chi connectivity index (χ4v) is 2.47. The highest BCUT2D eigenvalue weighted by molar-refractivity contribution is 7.11. The first-order valence-electron chi connectivity index (χ1n) is 5.55. The number of carbonyl (C=O) groups is 1. The lowest BCUT2D eigenvalue weighted by molar-refractivity contribution is 0.0996. The summed E-state index contributed by atoms with van der Waals surface area (Å²) >= 11 is 1.58. The van der Waals surface area contributed by atoms with Crippen LogP contribution in [0.5, 0.6) is 0 Å². The first-order chi connectivity index (χ1) is 8.97. The molecule has 0 spiro atoms. The first kappa shape index (κ1) is 13.5. The first-order valence-corrected chi connectivity index (χ1v) is 6.37. The summed E-state index contributed by atoms with van der Waals surface area (Å²) in [5.41, 5.74) is 4.75. The Balaban J connectivity index is 2.20. The third-order valence-corrected chi connectivity index (χ3v) is 3.57. The van der Waals surface area contributed by atoms with Crippen molar-refractivity contribution in [3.63, 3.8) is 0 Å². The van der Waals surface area contributed by atoms with Crippen molar-refractivity contribution in [1.29, 1.82) is 0 Å². The van der Waals surface area contributed by atoms with Gasteiger partial charge in [-0.05, 0) is 25.1 Å². The van der Waals surface area contributed by atoms with Gasteiger partial charge in [-0.15, -0.1) is 11.3 Å². The van der Waals surface area contributed by atoms with Crippen LogP contribution in [0.1, 0.15) is 20.1 Å². The molecule has 1 aromatic heterocycles. The minimum Gasteiger partial charge on any atom is -0.378 e. The Morgan fingerprint density at radius 3 is 2.63 bits per heavy atom. The average molecular weight is 282 g/mol. The number of aryl methyl sites for hydroxylation is 1. The maximum absolute atomic E-state index is 13.6. The SMILES string of the molecule is Cc1ccc(CNc2cc(C(N)=O)c(F)cc2F)s1. The summed E-state index contributed by atoms with van der Waals surface area (Å²) in [5.74, 6) is -2.63. The lowest BCUT2D eigenvalue weighted by atomic mass is 10.1. The molecule has 0 saturated carbocycles. The fourth-order valence-electron chi connectivity index (χ4n) is 1.64. The monoisotopic (exact) mass is 282 g/mol. The molecule has 0 radical (unpaired) electrons. The van der Waals surface area contributed by atoms with E-state index < -0.39 is 17.5 Å². The van der Waals surface area contributed by atoms with E-state index in [9.17, 15) is 13.6 Å². The second-order valence-electron chi connectivity index (χ2n) is 4.04. The quantitative estimate of drug-likeness (QED) is 0.905. The molecule has 2 rings (SSSR count). The van der Waals surface area contributed by atoms with E-state index in [1.165, 1.54) is 0 Å². The maximum atomic E-state index is 13.6. The highest BCUT2D eigenvalue weighted by atomic mass is 32.1. The lowest BCUT2D eigenvalue weighted by Gasteiger charge is -2.08. The smallest absolute Gasteiger partial charge is 0.251 e. The number of benzene rings is 1. The van der Waals surface area contributed by atoms with Crippen LogP contribution in [0.15, 0.2) is 24.3 Å². The molecule has 0 atom stereocenters. The van der Waals surface area contributed by atoms with E-state index in [0.29, 0.717) is 12.6 Å². The van der Waals surface area contributed by atoms with Gasteiger partial charge in [0.1, 0.15) is 11.6 Å². The van der Waals surface area contributed by atoms with E-state index in [0.717, 1.165) is 15.8 Å². The van der Waals surface area contributed by atoms with Gasteiger partial charge >= 0.3 is 0 Å². The highest BCUT2D eigenvalue weighted by Gasteiger charge is 2.13. The number of halogens is 2. The van der Waals surface area contributed by atoms with Gasteiger partial charge in [-0.1, -0.05) is 0 Å². The molecule has 3 nitrogen and oxygen atoms in total. The fraction of sp³-hybridized carbons (Fsp3) is 0.154. The molecule has 0 unspecified atom stereocenters. The number of rotatable bonds is 4. The van der Waals surface area contributed by atoms with Gasteiger partial charge in [-0.2, -0.15) is 0 Å². The maximum Gasteiger partial charge on any atom is 0.251 e. The number of anilines is 1. The standard InChI is InChI=1S/C13H12F2N2OS/c1-7-2-3-8(19-7)6-17-12-4-9(13(16)18)10(14)5-11(12)15/h2-5,17H,6H2,1H3,(H2,16,18). The van der Waals surface area contributed by atoms with Crippen molar-refractivity contribution in [2.24, 2.45) is 5.73 Å². The van der Waals surface area contributed by atoms with Crippen molar-refractivity contribution in [3.8, 4) is 0 Å². The van der Waals surface area contributed by atoms with Gasteiger partial charge in [0.25, 0.3) is 5.91 Å². The summed E-state index contributed by atoms with van der Waals surface area (Å²) in [4.78, 5) is 13.2. The molecule has 0 aliphatic carbocycles. The largest absolute Gasteiger partial charge is 0.378 e. The molecular weight excluding hydrogens is 270 g/mol. The number of nitrogens with two attached hydrogens (primary N) is 1. The summed E-state index contributed by atoms with van der Waals surface area (Å²) in [5, 5.41) is 2.83. The van der Waals surface area contributed by atoms with Crippen molar-refractivity contribution in [2.45, 2.75) is 13.5 Å². The zero-order chi connectivity index (χ0) is 14.0. The Kier molecular flexibility index (Phi) is 3.80. The summed E-state index contributed by atoms with van der Waals surface area (Å²) in [6, 6.07) is 5.62. The number of thiophene rings is 1. The van der Waals surface area contributed by atoms with Crippen LogP contribution in [-0.4, -0.2) is 5.91 Å². The second-order valence-corrected chi connectivity index (χ2v) is 5.41.